The number of benzene rings is 2. The number of rotatable bonds is 6. The molecule has 2 aromatic rings. The van der Waals surface area contributed by atoms with Crippen LogP contribution in [-0.2, 0) is 12.8 Å². The van der Waals surface area contributed by atoms with E-state index in [0.717, 1.165) is 22.3 Å². The molecule has 0 bridgehead atoms. The van der Waals surface area contributed by atoms with E-state index >= 15 is 0 Å². The van der Waals surface area contributed by atoms with Gasteiger partial charge in [-0.15, -0.1) is 13.2 Å². The smallest absolute Gasteiger partial charge is 0.126 e. The van der Waals surface area contributed by atoms with Crippen LogP contribution in [0.2, 0.25) is 0 Å². The van der Waals surface area contributed by atoms with Crippen molar-refractivity contribution in [3.05, 3.63) is 72.3 Å². The maximum absolute atomic E-state index is 10.6. The quantitative estimate of drug-likeness (QED) is 0.707. The third kappa shape index (κ3) is 3.65. The molecule has 2 N–H and O–H groups in total. The summed E-state index contributed by atoms with van der Waals surface area (Å²) in [4.78, 5) is 0. The molecule has 2 nitrogen and oxygen atoms in total. The fraction of sp³-hybridized carbons (Fsp3) is 0.238. The summed E-state index contributed by atoms with van der Waals surface area (Å²) in [5.74, 6) is 0.895. The molecule has 0 radical (unpaired) electrons. The number of hydrogen-bond donors (Lipinski definition) is 2. The second-order valence-electron chi connectivity index (χ2n) is 6.06. The topological polar surface area (TPSA) is 40.5 Å². The minimum atomic E-state index is 0.250. The lowest BCUT2D eigenvalue weighted by Gasteiger charge is -2.15. The van der Waals surface area contributed by atoms with Crippen molar-refractivity contribution < 1.29 is 10.2 Å². The molecule has 0 aliphatic carbocycles. The van der Waals surface area contributed by atoms with E-state index < -0.39 is 0 Å². The molecule has 0 saturated carbocycles. The Morgan fingerprint density at radius 3 is 2.22 bits per heavy atom. The van der Waals surface area contributed by atoms with Crippen molar-refractivity contribution in [1.29, 1.82) is 0 Å². The van der Waals surface area contributed by atoms with Gasteiger partial charge < -0.3 is 10.2 Å². The van der Waals surface area contributed by atoms with Crippen molar-refractivity contribution >= 4 is 0 Å². The van der Waals surface area contributed by atoms with Gasteiger partial charge in [0.2, 0.25) is 0 Å². The first-order valence-electron chi connectivity index (χ1n) is 7.87. The van der Waals surface area contributed by atoms with E-state index in [9.17, 15) is 10.2 Å². The Labute approximate surface area is 138 Å². The standard InChI is InChI=1S/C21H24O2/c1-5-7-16-11-15(9-10-20(16)22)19-13-18(14(3)4)12-17(8-6-2)21(19)23/h5-6,9-14,22-23H,1-2,7-8H2,3-4H3. The van der Waals surface area contributed by atoms with Crippen LogP contribution in [-0.4, -0.2) is 10.2 Å². The minimum Gasteiger partial charge on any atom is -0.508 e. The van der Waals surface area contributed by atoms with Gasteiger partial charge >= 0.3 is 0 Å². The largest absolute Gasteiger partial charge is 0.508 e. The predicted octanol–water partition coefficient (Wildman–Crippen LogP) is 5.35. The number of phenols is 2. The summed E-state index contributed by atoms with van der Waals surface area (Å²) in [5, 5.41) is 20.6. The molecule has 23 heavy (non-hydrogen) atoms. The van der Waals surface area contributed by atoms with Crippen LogP contribution >= 0.6 is 0 Å². The Bertz CT molecular complexity index is 727. The molecule has 0 spiro atoms. The van der Waals surface area contributed by atoms with Gasteiger partial charge in [-0.25, -0.2) is 0 Å². The summed E-state index contributed by atoms with van der Waals surface area (Å²) >= 11 is 0. The fourth-order valence-corrected chi connectivity index (χ4v) is 2.66. The Balaban J connectivity index is 2.63. The van der Waals surface area contributed by atoms with E-state index in [2.05, 4.69) is 27.0 Å². The summed E-state index contributed by atoms with van der Waals surface area (Å²) < 4.78 is 0. The monoisotopic (exact) mass is 308 g/mol. The van der Waals surface area contributed by atoms with E-state index in [1.54, 1.807) is 18.2 Å². The van der Waals surface area contributed by atoms with Gasteiger partial charge in [0, 0.05) is 5.56 Å². The van der Waals surface area contributed by atoms with Crippen LogP contribution in [0.5, 0.6) is 11.5 Å². The van der Waals surface area contributed by atoms with Gasteiger partial charge in [0.1, 0.15) is 11.5 Å². The summed E-state index contributed by atoms with van der Waals surface area (Å²) in [6.07, 6.45) is 4.76. The van der Waals surface area contributed by atoms with Gasteiger partial charge in [-0.2, -0.15) is 0 Å². The first kappa shape index (κ1) is 16.9. The van der Waals surface area contributed by atoms with Gasteiger partial charge in [0.25, 0.3) is 0 Å². The van der Waals surface area contributed by atoms with Gasteiger partial charge in [-0.05, 0) is 59.2 Å². The van der Waals surface area contributed by atoms with Crippen LogP contribution in [0.3, 0.4) is 0 Å². The van der Waals surface area contributed by atoms with Gasteiger partial charge in [-0.1, -0.05) is 38.1 Å². The summed E-state index contributed by atoms with van der Waals surface area (Å²) in [6.45, 7) is 11.8. The Kier molecular flexibility index (Phi) is 5.28. The van der Waals surface area contributed by atoms with Crippen LogP contribution in [0.4, 0.5) is 0 Å². The third-order valence-electron chi connectivity index (χ3n) is 4.00. The first-order valence-corrected chi connectivity index (χ1v) is 7.87. The third-order valence-corrected chi connectivity index (χ3v) is 4.00. The summed E-state index contributed by atoms with van der Waals surface area (Å²) in [5.41, 5.74) is 4.54. The average molecular weight is 308 g/mol. The summed E-state index contributed by atoms with van der Waals surface area (Å²) in [6, 6.07) is 9.47. The summed E-state index contributed by atoms with van der Waals surface area (Å²) in [7, 11) is 0. The predicted molar refractivity (Wildman–Crippen MR) is 97.1 cm³/mol. The second-order valence-corrected chi connectivity index (χ2v) is 6.06. The lowest BCUT2D eigenvalue weighted by molar-refractivity contribution is 0.468. The lowest BCUT2D eigenvalue weighted by atomic mass is 9.91. The minimum absolute atomic E-state index is 0.250. The van der Waals surface area contributed by atoms with Crippen molar-refractivity contribution in [2.45, 2.75) is 32.6 Å². The van der Waals surface area contributed by atoms with Crippen LogP contribution in [0.1, 0.15) is 36.5 Å². The number of phenolic OH excluding ortho intramolecular Hbond substituents is 2. The molecular formula is C21H24O2. The normalized spacial score (nSPS) is 10.7. The van der Waals surface area contributed by atoms with E-state index in [1.165, 1.54) is 5.56 Å². The average Bonchev–Trinajstić information content (AvgIpc) is 2.52. The highest BCUT2D eigenvalue weighted by molar-refractivity contribution is 5.74. The van der Waals surface area contributed by atoms with E-state index in [4.69, 9.17) is 0 Å². The second kappa shape index (κ2) is 7.19. The number of allylic oxidation sites excluding steroid dienone is 2. The maximum Gasteiger partial charge on any atom is 0.126 e. The SMILES string of the molecule is C=CCc1cc(-c2cc(C(C)C)cc(CC=C)c2O)ccc1O. The van der Waals surface area contributed by atoms with Crippen molar-refractivity contribution in [1.82, 2.24) is 0 Å². The molecule has 0 aromatic heterocycles. The lowest BCUT2D eigenvalue weighted by Crippen LogP contribution is -1.95. The maximum atomic E-state index is 10.6. The van der Waals surface area contributed by atoms with E-state index in [0.29, 0.717) is 18.8 Å². The zero-order valence-corrected chi connectivity index (χ0v) is 13.8. The van der Waals surface area contributed by atoms with Crippen LogP contribution in [0, 0.1) is 0 Å². The first-order chi connectivity index (χ1) is 11.0. The fourth-order valence-electron chi connectivity index (χ4n) is 2.66. The highest BCUT2D eigenvalue weighted by Gasteiger charge is 2.14. The van der Waals surface area contributed by atoms with Gasteiger partial charge in [-0.3, -0.25) is 0 Å². The molecule has 0 aliphatic heterocycles. The van der Waals surface area contributed by atoms with Crippen molar-refractivity contribution in [2.75, 3.05) is 0 Å². The Morgan fingerprint density at radius 2 is 1.61 bits per heavy atom. The van der Waals surface area contributed by atoms with Gasteiger partial charge in [0.15, 0.2) is 0 Å². The highest BCUT2D eigenvalue weighted by Crippen LogP contribution is 2.37. The molecule has 2 aromatic carbocycles. The molecule has 0 fully saturated rings. The molecular weight excluding hydrogens is 284 g/mol. The molecule has 0 unspecified atom stereocenters. The van der Waals surface area contributed by atoms with E-state index in [1.807, 2.05) is 24.3 Å². The van der Waals surface area contributed by atoms with Crippen LogP contribution in [0.25, 0.3) is 11.1 Å². The molecule has 2 heteroatoms. The van der Waals surface area contributed by atoms with Crippen molar-refractivity contribution in [3.8, 4) is 22.6 Å². The van der Waals surface area contributed by atoms with Crippen molar-refractivity contribution in [3.63, 3.8) is 0 Å². The molecule has 2 rings (SSSR count). The zero-order chi connectivity index (χ0) is 17.0. The molecule has 0 heterocycles. The Morgan fingerprint density at radius 1 is 0.957 bits per heavy atom. The Hall–Kier alpha value is -2.48. The zero-order valence-electron chi connectivity index (χ0n) is 13.8. The molecule has 0 amide bonds. The molecule has 0 aliphatic rings. The van der Waals surface area contributed by atoms with E-state index in [-0.39, 0.29) is 11.5 Å². The van der Waals surface area contributed by atoms with Gasteiger partial charge in [0.05, 0.1) is 0 Å². The molecule has 120 valence electrons. The number of hydrogen-bond acceptors (Lipinski definition) is 2. The van der Waals surface area contributed by atoms with Crippen LogP contribution in [0.15, 0.2) is 55.6 Å². The van der Waals surface area contributed by atoms with Crippen molar-refractivity contribution in [2.24, 2.45) is 0 Å². The van der Waals surface area contributed by atoms with Crippen LogP contribution < -0.4 is 0 Å². The number of aromatic hydroxyl groups is 2. The molecule has 0 atom stereocenters. The highest BCUT2D eigenvalue weighted by atomic mass is 16.3. The molecule has 0 saturated heterocycles.